The molecule has 1 aliphatic rings. The van der Waals surface area contributed by atoms with Crippen LogP contribution in [0.3, 0.4) is 0 Å². The molecule has 0 aromatic heterocycles. The van der Waals surface area contributed by atoms with E-state index in [-0.39, 0.29) is 6.61 Å². The van der Waals surface area contributed by atoms with Gasteiger partial charge in [0.2, 0.25) is 0 Å². The molecule has 19 heavy (non-hydrogen) atoms. The van der Waals surface area contributed by atoms with E-state index < -0.39 is 0 Å². The third-order valence-corrected chi connectivity index (χ3v) is 3.95. The fourth-order valence-corrected chi connectivity index (χ4v) is 2.84. The third kappa shape index (κ3) is 4.53. The van der Waals surface area contributed by atoms with E-state index in [2.05, 4.69) is 4.90 Å². The Morgan fingerprint density at radius 3 is 2.95 bits per heavy atom. The van der Waals surface area contributed by atoms with Crippen molar-refractivity contribution in [3.05, 3.63) is 28.2 Å². The molecule has 0 radical (unpaired) electrons. The van der Waals surface area contributed by atoms with Crippen LogP contribution in [-0.4, -0.2) is 42.9 Å². The molecule has 1 aliphatic heterocycles. The smallest absolute Gasteiger partial charge is 0.138 e. The number of aliphatic hydroxyl groups excluding tert-OH is 1. The van der Waals surface area contributed by atoms with Crippen LogP contribution in [0, 0.1) is 5.92 Å². The Hall–Kier alpha value is -0.480. The number of hydrogen-bond acceptors (Lipinski definition) is 3. The predicted octanol–water partition coefficient (Wildman–Crippen LogP) is 3.08. The zero-order valence-corrected chi connectivity index (χ0v) is 12.3. The number of piperidine rings is 1. The molecule has 1 aromatic rings. The lowest BCUT2D eigenvalue weighted by atomic mass is 9.99. The van der Waals surface area contributed by atoms with Gasteiger partial charge in [0.05, 0.1) is 5.02 Å². The Morgan fingerprint density at radius 1 is 1.37 bits per heavy atom. The molecule has 0 bridgehead atoms. The Bertz CT molecular complexity index is 414. The summed E-state index contributed by atoms with van der Waals surface area (Å²) in [7, 11) is 0. The van der Waals surface area contributed by atoms with Gasteiger partial charge in [0.1, 0.15) is 12.4 Å². The maximum Gasteiger partial charge on any atom is 0.138 e. The first-order valence-corrected chi connectivity index (χ1v) is 7.35. The van der Waals surface area contributed by atoms with Crippen molar-refractivity contribution in [3.63, 3.8) is 0 Å². The van der Waals surface area contributed by atoms with E-state index in [4.69, 9.17) is 27.9 Å². The summed E-state index contributed by atoms with van der Waals surface area (Å²) in [6.45, 7) is 3.76. The summed E-state index contributed by atoms with van der Waals surface area (Å²) in [5.74, 6) is 1.08. The van der Waals surface area contributed by atoms with Gasteiger partial charge in [-0.25, -0.2) is 0 Å². The SMILES string of the molecule is OCC1CCCN(CCOc2ccc(Cl)cc2Cl)C1. The molecule has 1 N–H and O–H groups in total. The summed E-state index contributed by atoms with van der Waals surface area (Å²) < 4.78 is 5.67. The minimum absolute atomic E-state index is 0.278. The van der Waals surface area contributed by atoms with E-state index in [0.29, 0.717) is 28.3 Å². The summed E-state index contributed by atoms with van der Waals surface area (Å²) in [6, 6.07) is 5.24. The van der Waals surface area contributed by atoms with E-state index in [1.807, 2.05) is 0 Å². The Labute approximate surface area is 124 Å². The number of rotatable bonds is 5. The Kier molecular flexibility index (Phi) is 5.76. The lowest BCUT2D eigenvalue weighted by molar-refractivity contribution is 0.107. The number of ether oxygens (including phenoxy) is 1. The van der Waals surface area contributed by atoms with Crippen molar-refractivity contribution in [1.82, 2.24) is 4.90 Å². The van der Waals surface area contributed by atoms with Crippen molar-refractivity contribution in [2.24, 2.45) is 5.92 Å². The average molecular weight is 304 g/mol. The van der Waals surface area contributed by atoms with Gasteiger partial charge in [-0.3, -0.25) is 4.90 Å². The number of aliphatic hydroxyl groups is 1. The van der Waals surface area contributed by atoms with Crippen molar-refractivity contribution in [2.45, 2.75) is 12.8 Å². The minimum atomic E-state index is 0.278. The van der Waals surface area contributed by atoms with Crippen molar-refractivity contribution < 1.29 is 9.84 Å². The Balaban J connectivity index is 1.76. The van der Waals surface area contributed by atoms with Gasteiger partial charge in [-0.2, -0.15) is 0 Å². The number of halogens is 2. The standard InChI is InChI=1S/C14H19Cl2NO2/c15-12-3-4-14(13(16)8-12)19-7-6-17-5-1-2-11(9-17)10-18/h3-4,8,11,18H,1-2,5-7,9-10H2. The van der Waals surface area contributed by atoms with Crippen LogP contribution >= 0.6 is 23.2 Å². The first-order valence-electron chi connectivity index (χ1n) is 6.60. The van der Waals surface area contributed by atoms with Crippen LogP contribution < -0.4 is 4.74 Å². The number of benzene rings is 1. The molecule has 1 atom stereocenters. The highest BCUT2D eigenvalue weighted by Crippen LogP contribution is 2.27. The average Bonchev–Trinajstić information content (AvgIpc) is 2.41. The zero-order valence-electron chi connectivity index (χ0n) is 10.8. The Morgan fingerprint density at radius 2 is 2.21 bits per heavy atom. The highest BCUT2D eigenvalue weighted by Gasteiger charge is 2.18. The normalized spacial score (nSPS) is 20.5. The van der Waals surface area contributed by atoms with Crippen molar-refractivity contribution in [3.8, 4) is 5.75 Å². The fourth-order valence-electron chi connectivity index (χ4n) is 2.38. The molecule has 5 heteroatoms. The van der Waals surface area contributed by atoms with Gasteiger partial charge < -0.3 is 9.84 Å². The van der Waals surface area contributed by atoms with Gasteiger partial charge in [0.15, 0.2) is 0 Å². The molecule has 2 rings (SSSR count). The lowest BCUT2D eigenvalue weighted by Gasteiger charge is -2.31. The second kappa shape index (κ2) is 7.34. The summed E-state index contributed by atoms with van der Waals surface area (Å²) in [4.78, 5) is 2.33. The topological polar surface area (TPSA) is 32.7 Å². The quantitative estimate of drug-likeness (QED) is 0.907. The van der Waals surface area contributed by atoms with E-state index in [1.165, 1.54) is 0 Å². The van der Waals surface area contributed by atoms with Crippen molar-refractivity contribution in [1.29, 1.82) is 0 Å². The summed E-state index contributed by atoms with van der Waals surface area (Å²) >= 11 is 11.9. The van der Waals surface area contributed by atoms with E-state index in [1.54, 1.807) is 18.2 Å². The lowest BCUT2D eigenvalue weighted by Crippen LogP contribution is -2.39. The summed E-state index contributed by atoms with van der Waals surface area (Å²) in [6.07, 6.45) is 2.27. The second-order valence-corrected chi connectivity index (χ2v) is 5.76. The van der Waals surface area contributed by atoms with Crippen molar-refractivity contribution >= 4 is 23.2 Å². The highest BCUT2D eigenvalue weighted by molar-refractivity contribution is 6.35. The molecule has 1 fully saturated rings. The van der Waals surface area contributed by atoms with Gasteiger partial charge in [-0.1, -0.05) is 23.2 Å². The monoisotopic (exact) mass is 303 g/mol. The first-order chi connectivity index (χ1) is 9.19. The van der Waals surface area contributed by atoms with Crippen LogP contribution in [0.2, 0.25) is 10.0 Å². The molecule has 1 aromatic carbocycles. The molecule has 3 nitrogen and oxygen atoms in total. The van der Waals surface area contributed by atoms with Gasteiger partial charge in [0, 0.05) is 24.7 Å². The van der Waals surface area contributed by atoms with Gasteiger partial charge in [-0.15, -0.1) is 0 Å². The highest BCUT2D eigenvalue weighted by atomic mass is 35.5. The molecule has 106 valence electrons. The zero-order chi connectivity index (χ0) is 13.7. The van der Waals surface area contributed by atoms with Crippen LogP contribution in [0.5, 0.6) is 5.75 Å². The fraction of sp³-hybridized carbons (Fsp3) is 0.571. The number of nitrogens with zero attached hydrogens (tertiary/aromatic N) is 1. The largest absolute Gasteiger partial charge is 0.491 e. The second-order valence-electron chi connectivity index (χ2n) is 4.91. The van der Waals surface area contributed by atoms with Crippen LogP contribution in [0.1, 0.15) is 12.8 Å². The molecule has 0 amide bonds. The molecular formula is C14H19Cl2NO2. The summed E-state index contributed by atoms with van der Waals surface area (Å²) in [5.41, 5.74) is 0. The van der Waals surface area contributed by atoms with Crippen molar-refractivity contribution in [2.75, 3.05) is 32.8 Å². The van der Waals surface area contributed by atoms with E-state index in [9.17, 15) is 5.11 Å². The molecule has 1 saturated heterocycles. The molecule has 0 spiro atoms. The van der Waals surface area contributed by atoms with Gasteiger partial charge in [-0.05, 0) is 43.5 Å². The number of likely N-dealkylation sites (tertiary alicyclic amines) is 1. The molecule has 1 unspecified atom stereocenters. The summed E-state index contributed by atoms with van der Waals surface area (Å²) in [5, 5.41) is 10.3. The minimum Gasteiger partial charge on any atom is -0.491 e. The predicted molar refractivity (Wildman–Crippen MR) is 78.2 cm³/mol. The van der Waals surface area contributed by atoms with Gasteiger partial charge in [0.25, 0.3) is 0 Å². The van der Waals surface area contributed by atoms with Crippen LogP contribution in [-0.2, 0) is 0 Å². The third-order valence-electron chi connectivity index (χ3n) is 3.42. The maximum absolute atomic E-state index is 9.19. The first kappa shape index (κ1) is 14.9. The van der Waals surface area contributed by atoms with Gasteiger partial charge >= 0.3 is 0 Å². The molecule has 1 heterocycles. The van der Waals surface area contributed by atoms with E-state index in [0.717, 1.165) is 32.5 Å². The van der Waals surface area contributed by atoms with E-state index >= 15 is 0 Å². The van der Waals surface area contributed by atoms with Crippen LogP contribution in [0.4, 0.5) is 0 Å². The maximum atomic E-state index is 9.19. The molecule has 0 aliphatic carbocycles. The number of hydrogen-bond donors (Lipinski definition) is 1. The molecule has 0 saturated carbocycles. The van der Waals surface area contributed by atoms with Crippen LogP contribution in [0.15, 0.2) is 18.2 Å². The van der Waals surface area contributed by atoms with Crippen LogP contribution in [0.25, 0.3) is 0 Å². The molecular weight excluding hydrogens is 285 g/mol.